The molecule has 0 aliphatic carbocycles. The van der Waals surface area contributed by atoms with E-state index in [0.29, 0.717) is 11.4 Å². The third kappa shape index (κ3) is 3.81. The largest absolute Gasteiger partial charge is 0.325 e. The monoisotopic (exact) mass is 321 g/mol. The van der Waals surface area contributed by atoms with E-state index in [1.165, 1.54) is 30.3 Å². The molecule has 0 saturated heterocycles. The number of nitrogens with two attached hydrogens (primary N) is 1. The number of rotatable bonds is 4. The van der Waals surface area contributed by atoms with Crippen molar-refractivity contribution in [1.29, 1.82) is 0 Å². The molecule has 4 N–H and O–H groups in total. The number of amides is 2. The molecule has 7 heteroatoms. The smallest absolute Gasteiger partial charge is 0.258 e. The third-order valence-electron chi connectivity index (χ3n) is 2.80. The molecule has 2 rings (SSSR count). The average Bonchev–Trinajstić information content (AvgIpc) is 2.50. The highest BCUT2D eigenvalue weighted by Gasteiger charge is 2.13. The first kappa shape index (κ1) is 15.9. The second-order valence-corrected chi connectivity index (χ2v) is 4.79. The van der Waals surface area contributed by atoms with Crippen molar-refractivity contribution in [3.8, 4) is 0 Å². The second-order valence-electron chi connectivity index (χ2n) is 4.38. The number of carbonyl (C=O) groups excluding carboxylic acids is 2. The molecule has 0 heterocycles. The molecule has 0 unspecified atom stereocenters. The zero-order chi connectivity index (χ0) is 16.1. The quantitative estimate of drug-likeness (QED) is 0.809. The summed E-state index contributed by atoms with van der Waals surface area (Å²) in [6.07, 6.45) is 0. The Morgan fingerprint density at radius 2 is 1.86 bits per heavy atom. The van der Waals surface area contributed by atoms with Crippen molar-refractivity contribution in [2.45, 2.75) is 0 Å². The van der Waals surface area contributed by atoms with Crippen LogP contribution in [0.4, 0.5) is 15.8 Å². The van der Waals surface area contributed by atoms with Crippen LogP contribution in [0.5, 0.6) is 0 Å². The van der Waals surface area contributed by atoms with Gasteiger partial charge in [0, 0.05) is 5.69 Å². The maximum absolute atomic E-state index is 13.5. The van der Waals surface area contributed by atoms with Crippen LogP contribution in [0.15, 0.2) is 42.5 Å². The van der Waals surface area contributed by atoms with Crippen molar-refractivity contribution < 1.29 is 14.0 Å². The minimum Gasteiger partial charge on any atom is -0.325 e. The van der Waals surface area contributed by atoms with Gasteiger partial charge in [0.15, 0.2) is 0 Å². The summed E-state index contributed by atoms with van der Waals surface area (Å²) in [4.78, 5) is 23.2. The molecular formula is C15H13ClFN3O2. The molecule has 5 nitrogen and oxygen atoms in total. The summed E-state index contributed by atoms with van der Waals surface area (Å²) in [6, 6.07) is 10.1. The van der Waals surface area contributed by atoms with Crippen LogP contribution >= 0.6 is 11.6 Å². The molecule has 0 aliphatic heterocycles. The molecule has 2 amide bonds. The van der Waals surface area contributed by atoms with Gasteiger partial charge in [0.1, 0.15) is 5.82 Å². The van der Waals surface area contributed by atoms with Gasteiger partial charge in [0.25, 0.3) is 5.91 Å². The highest BCUT2D eigenvalue weighted by atomic mass is 35.5. The molecule has 0 aliphatic rings. The number of carbonyl (C=O) groups is 2. The lowest BCUT2D eigenvalue weighted by molar-refractivity contribution is -0.114. The predicted molar refractivity (Wildman–Crippen MR) is 83.5 cm³/mol. The molecule has 0 bridgehead atoms. The number of nitrogens with one attached hydrogen (secondary N) is 2. The average molecular weight is 322 g/mol. The van der Waals surface area contributed by atoms with E-state index in [-0.39, 0.29) is 23.0 Å². The van der Waals surface area contributed by atoms with E-state index in [1.807, 2.05) is 0 Å². The van der Waals surface area contributed by atoms with Crippen LogP contribution in [-0.2, 0) is 4.79 Å². The maximum atomic E-state index is 13.5. The van der Waals surface area contributed by atoms with Gasteiger partial charge in [0.05, 0.1) is 22.8 Å². The number of halogens is 2. The van der Waals surface area contributed by atoms with Crippen LogP contribution in [0.25, 0.3) is 0 Å². The van der Waals surface area contributed by atoms with Crippen LogP contribution in [0, 0.1) is 5.82 Å². The van der Waals surface area contributed by atoms with E-state index in [2.05, 4.69) is 10.6 Å². The van der Waals surface area contributed by atoms with Crippen molar-refractivity contribution in [3.05, 3.63) is 58.9 Å². The van der Waals surface area contributed by atoms with Gasteiger partial charge in [-0.1, -0.05) is 23.7 Å². The molecule has 2 aromatic rings. The summed E-state index contributed by atoms with van der Waals surface area (Å²) in [5, 5.41) is 5.25. The van der Waals surface area contributed by atoms with Crippen LogP contribution < -0.4 is 16.4 Å². The lowest BCUT2D eigenvalue weighted by atomic mass is 10.2. The van der Waals surface area contributed by atoms with Crippen LogP contribution in [0.3, 0.4) is 0 Å². The van der Waals surface area contributed by atoms with Crippen molar-refractivity contribution in [3.63, 3.8) is 0 Å². The molecule has 0 fully saturated rings. The van der Waals surface area contributed by atoms with E-state index in [1.54, 1.807) is 12.1 Å². The number of anilines is 2. The van der Waals surface area contributed by atoms with Gasteiger partial charge >= 0.3 is 0 Å². The van der Waals surface area contributed by atoms with E-state index in [9.17, 15) is 14.0 Å². The van der Waals surface area contributed by atoms with Gasteiger partial charge in [-0.15, -0.1) is 0 Å². The highest BCUT2D eigenvalue weighted by Crippen LogP contribution is 2.26. The highest BCUT2D eigenvalue weighted by molar-refractivity contribution is 6.34. The molecule has 0 aromatic heterocycles. The Morgan fingerprint density at radius 3 is 2.50 bits per heavy atom. The Balaban J connectivity index is 2.15. The molecule has 0 saturated carbocycles. The third-order valence-corrected chi connectivity index (χ3v) is 3.12. The fourth-order valence-corrected chi connectivity index (χ4v) is 1.97. The number of hydrogen-bond donors (Lipinski definition) is 3. The fraction of sp³-hybridized carbons (Fsp3) is 0.0667. The molecule has 114 valence electrons. The van der Waals surface area contributed by atoms with Gasteiger partial charge in [-0.2, -0.15) is 0 Å². The standard InChI is InChI=1S/C15H13ClFN3O2/c16-11-7-9(19-14(21)8-18)5-6-13(11)20-15(22)10-3-1-2-4-12(10)17/h1-7H,8,18H2,(H,19,21)(H,20,22). The summed E-state index contributed by atoms with van der Waals surface area (Å²) in [6.45, 7) is -0.149. The van der Waals surface area contributed by atoms with E-state index >= 15 is 0 Å². The lowest BCUT2D eigenvalue weighted by Gasteiger charge is -2.10. The van der Waals surface area contributed by atoms with Gasteiger partial charge in [-0.25, -0.2) is 4.39 Å². The maximum Gasteiger partial charge on any atom is 0.258 e. The Labute approximate surface area is 131 Å². The number of benzene rings is 2. The van der Waals surface area contributed by atoms with Gasteiger partial charge in [0.2, 0.25) is 5.91 Å². The normalized spacial score (nSPS) is 10.1. The van der Waals surface area contributed by atoms with Crippen LogP contribution in [0.1, 0.15) is 10.4 Å². The van der Waals surface area contributed by atoms with Crippen molar-refractivity contribution in [2.75, 3.05) is 17.2 Å². The number of hydrogen-bond acceptors (Lipinski definition) is 3. The molecule has 22 heavy (non-hydrogen) atoms. The first-order valence-electron chi connectivity index (χ1n) is 6.36. The van der Waals surface area contributed by atoms with Crippen LogP contribution in [0.2, 0.25) is 5.02 Å². The van der Waals surface area contributed by atoms with E-state index in [0.717, 1.165) is 0 Å². The summed E-state index contributed by atoms with van der Waals surface area (Å²) in [5.41, 5.74) is 5.87. The fourth-order valence-electron chi connectivity index (χ4n) is 1.74. The van der Waals surface area contributed by atoms with Crippen molar-refractivity contribution in [2.24, 2.45) is 5.73 Å². The Bertz CT molecular complexity index is 722. The summed E-state index contributed by atoms with van der Waals surface area (Å²) >= 11 is 6.04. The topological polar surface area (TPSA) is 84.2 Å². The van der Waals surface area contributed by atoms with Gasteiger partial charge in [-0.05, 0) is 30.3 Å². The Morgan fingerprint density at radius 1 is 1.14 bits per heavy atom. The minimum absolute atomic E-state index is 0.0842. The first-order valence-corrected chi connectivity index (χ1v) is 6.74. The lowest BCUT2D eigenvalue weighted by Crippen LogP contribution is -2.21. The molecular weight excluding hydrogens is 309 g/mol. The SMILES string of the molecule is NCC(=O)Nc1ccc(NC(=O)c2ccccc2F)c(Cl)c1. The zero-order valence-corrected chi connectivity index (χ0v) is 12.2. The Hall–Kier alpha value is -2.44. The Kier molecular flexibility index (Phi) is 5.08. The second kappa shape index (κ2) is 7.02. The summed E-state index contributed by atoms with van der Waals surface area (Å²) in [5.74, 6) is -1.60. The zero-order valence-electron chi connectivity index (χ0n) is 11.4. The van der Waals surface area contributed by atoms with E-state index in [4.69, 9.17) is 17.3 Å². The molecule has 0 spiro atoms. The first-order chi connectivity index (χ1) is 10.5. The summed E-state index contributed by atoms with van der Waals surface area (Å²) in [7, 11) is 0. The van der Waals surface area contributed by atoms with Crippen molar-refractivity contribution >= 4 is 34.8 Å². The van der Waals surface area contributed by atoms with Gasteiger partial charge in [-0.3, -0.25) is 9.59 Å². The minimum atomic E-state index is -0.622. The van der Waals surface area contributed by atoms with E-state index < -0.39 is 11.7 Å². The molecule has 0 atom stereocenters. The molecule has 0 radical (unpaired) electrons. The summed E-state index contributed by atoms with van der Waals surface area (Å²) < 4.78 is 13.5. The van der Waals surface area contributed by atoms with Crippen molar-refractivity contribution in [1.82, 2.24) is 0 Å². The van der Waals surface area contributed by atoms with Crippen LogP contribution in [-0.4, -0.2) is 18.4 Å². The van der Waals surface area contributed by atoms with Gasteiger partial charge < -0.3 is 16.4 Å². The molecule has 2 aromatic carbocycles. The predicted octanol–water partition coefficient (Wildman–Crippen LogP) is 2.63.